The highest BCUT2D eigenvalue weighted by molar-refractivity contribution is 5.87. The van der Waals surface area contributed by atoms with Crippen LogP contribution in [0.3, 0.4) is 0 Å². The first kappa shape index (κ1) is 22.9. The van der Waals surface area contributed by atoms with Crippen LogP contribution in [0.25, 0.3) is 27.8 Å². The summed E-state index contributed by atoms with van der Waals surface area (Å²) in [6, 6.07) is 12.3. The molecule has 178 valence electrons. The highest BCUT2D eigenvalue weighted by atomic mass is 16.1. The fourth-order valence-corrected chi connectivity index (χ4v) is 4.37. The van der Waals surface area contributed by atoms with E-state index in [0.717, 1.165) is 46.4 Å². The maximum atomic E-state index is 11.7. The molecule has 5 rings (SSSR count). The Morgan fingerprint density at radius 1 is 1.00 bits per heavy atom. The SMILES string of the molecule is CC(C)(C#Cc1cccn2ncc(-c3ccc(-c4cnn(CCN5CCCC5)c4)cc3)c12)C(N)=O. The van der Waals surface area contributed by atoms with E-state index in [9.17, 15) is 4.79 Å². The summed E-state index contributed by atoms with van der Waals surface area (Å²) in [4.78, 5) is 14.2. The highest BCUT2D eigenvalue weighted by Gasteiger charge is 2.22. The largest absolute Gasteiger partial charge is 0.368 e. The Morgan fingerprint density at radius 2 is 1.74 bits per heavy atom. The van der Waals surface area contributed by atoms with Gasteiger partial charge in [-0.15, -0.1) is 0 Å². The topological polar surface area (TPSA) is 81.5 Å². The van der Waals surface area contributed by atoms with E-state index in [-0.39, 0.29) is 0 Å². The van der Waals surface area contributed by atoms with Crippen molar-refractivity contribution < 1.29 is 4.79 Å². The number of rotatable bonds is 6. The van der Waals surface area contributed by atoms with Gasteiger partial charge in [-0.2, -0.15) is 10.2 Å². The summed E-state index contributed by atoms with van der Waals surface area (Å²) in [5, 5.41) is 9.07. The van der Waals surface area contributed by atoms with E-state index < -0.39 is 11.3 Å². The molecule has 1 saturated heterocycles. The van der Waals surface area contributed by atoms with Gasteiger partial charge in [-0.25, -0.2) is 4.52 Å². The molecule has 1 aromatic carbocycles. The van der Waals surface area contributed by atoms with Crippen LogP contribution in [-0.4, -0.2) is 49.8 Å². The smallest absolute Gasteiger partial charge is 0.235 e. The monoisotopic (exact) mass is 466 g/mol. The normalized spacial score (nSPS) is 14.2. The van der Waals surface area contributed by atoms with Crippen molar-refractivity contribution in [3.63, 3.8) is 0 Å². The molecule has 1 fully saturated rings. The second kappa shape index (κ2) is 9.40. The molecule has 1 amide bonds. The van der Waals surface area contributed by atoms with Gasteiger partial charge in [0.1, 0.15) is 5.41 Å². The standard InChI is InChI=1S/C28H30N6O/c1-28(2,27(29)35)12-11-23-6-5-15-34-26(23)25(19-31-34)22-9-7-21(8-10-22)24-18-30-33(20-24)17-16-32-13-3-4-14-32/h5-10,15,18-20H,3-4,13-14,16-17H2,1-2H3,(H2,29,35). The van der Waals surface area contributed by atoms with Crippen LogP contribution in [0.1, 0.15) is 32.3 Å². The predicted molar refractivity (Wildman–Crippen MR) is 137 cm³/mol. The van der Waals surface area contributed by atoms with E-state index in [1.165, 1.54) is 25.9 Å². The third kappa shape index (κ3) is 4.84. The summed E-state index contributed by atoms with van der Waals surface area (Å²) in [6.07, 6.45) is 10.4. The molecule has 2 N–H and O–H groups in total. The van der Waals surface area contributed by atoms with Crippen LogP contribution in [0.4, 0.5) is 0 Å². The molecule has 1 aliphatic heterocycles. The fourth-order valence-electron chi connectivity index (χ4n) is 4.37. The summed E-state index contributed by atoms with van der Waals surface area (Å²) in [5.41, 5.74) is 10.6. The molecular weight excluding hydrogens is 436 g/mol. The molecule has 7 nitrogen and oxygen atoms in total. The lowest BCUT2D eigenvalue weighted by molar-refractivity contribution is -0.123. The number of amides is 1. The maximum absolute atomic E-state index is 11.7. The molecule has 4 heterocycles. The van der Waals surface area contributed by atoms with E-state index in [2.05, 4.69) is 57.4 Å². The van der Waals surface area contributed by atoms with Crippen LogP contribution in [0.15, 0.2) is 61.2 Å². The minimum Gasteiger partial charge on any atom is -0.368 e. The Balaban J connectivity index is 1.39. The van der Waals surface area contributed by atoms with E-state index in [1.807, 2.05) is 39.9 Å². The van der Waals surface area contributed by atoms with Gasteiger partial charge in [-0.05, 0) is 63.0 Å². The van der Waals surface area contributed by atoms with Gasteiger partial charge in [0, 0.05) is 30.1 Å². The maximum Gasteiger partial charge on any atom is 0.235 e. The molecule has 0 spiro atoms. The van der Waals surface area contributed by atoms with Crippen LogP contribution in [0, 0.1) is 17.3 Å². The minimum absolute atomic E-state index is 0.444. The lowest BCUT2D eigenvalue weighted by atomic mass is 9.93. The van der Waals surface area contributed by atoms with Crippen molar-refractivity contribution in [3.8, 4) is 34.1 Å². The van der Waals surface area contributed by atoms with Crippen LogP contribution in [0.5, 0.6) is 0 Å². The highest BCUT2D eigenvalue weighted by Crippen LogP contribution is 2.29. The van der Waals surface area contributed by atoms with Crippen LogP contribution >= 0.6 is 0 Å². The molecular formula is C28H30N6O. The quantitative estimate of drug-likeness (QED) is 0.438. The molecule has 4 aromatic rings. The summed E-state index contributed by atoms with van der Waals surface area (Å²) < 4.78 is 3.85. The van der Waals surface area contributed by atoms with Gasteiger partial charge in [0.2, 0.25) is 5.91 Å². The number of carbonyl (C=O) groups excluding carboxylic acids is 1. The van der Waals surface area contributed by atoms with Gasteiger partial charge >= 0.3 is 0 Å². The molecule has 0 aliphatic carbocycles. The van der Waals surface area contributed by atoms with Crippen LogP contribution in [-0.2, 0) is 11.3 Å². The predicted octanol–water partition coefficient (Wildman–Crippen LogP) is 3.82. The number of aromatic nitrogens is 4. The van der Waals surface area contributed by atoms with Crippen LogP contribution < -0.4 is 5.73 Å². The van der Waals surface area contributed by atoms with Gasteiger partial charge in [-0.1, -0.05) is 36.1 Å². The number of hydrogen-bond acceptors (Lipinski definition) is 4. The summed E-state index contributed by atoms with van der Waals surface area (Å²) in [6.45, 7) is 7.83. The third-order valence-electron chi connectivity index (χ3n) is 6.67. The lowest BCUT2D eigenvalue weighted by Crippen LogP contribution is -2.29. The number of hydrogen-bond donors (Lipinski definition) is 1. The van der Waals surface area contributed by atoms with Crippen molar-refractivity contribution in [2.75, 3.05) is 19.6 Å². The average Bonchev–Trinajstić information content (AvgIpc) is 3.62. The molecule has 0 saturated carbocycles. The number of fused-ring (bicyclic) bond motifs is 1. The number of primary amides is 1. The molecule has 0 radical (unpaired) electrons. The van der Waals surface area contributed by atoms with Crippen molar-refractivity contribution in [1.29, 1.82) is 0 Å². The first-order valence-corrected chi connectivity index (χ1v) is 12.1. The zero-order valence-corrected chi connectivity index (χ0v) is 20.2. The number of carbonyl (C=O) groups is 1. The second-order valence-corrected chi connectivity index (χ2v) is 9.63. The Morgan fingerprint density at radius 3 is 2.49 bits per heavy atom. The Hall–Kier alpha value is -3.89. The van der Waals surface area contributed by atoms with E-state index in [1.54, 1.807) is 13.8 Å². The number of nitrogens with zero attached hydrogens (tertiary/aromatic N) is 5. The number of pyridine rings is 1. The van der Waals surface area contributed by atoms with Crippen LogP contribution in [0.2, 0.25) is 0 Å². The molecule has 0 atom stereocenters. The average molecular weight is 467 g/mol. The Kier molecular flexibility index (Phi) is 6.14. The van der Waals surface area contributed by atoms with Gasteiger partial charge in [0.25, 0.3) is 0 Å². The zero-order chi connectivity index (χ0) is 24.4. The molecule has 0 unspecified atom stereocenters. The summed E-state index contributed by atoms with van der Waals surface area (Å²) in [7, 11) is 0. The van der Waals surface area contributed by atoms with Crippen molar-refractivity contribution in [3.05, 3.63) is 66.7 Å². The molecule has 0 bridgehead atoms. The molecule has 3 aromatic heterocycles. The number of benzene rings is 1. The minimum atomic E-state index is -0.909. The summed E-state index contributed by atoms with van der Waals surface area (Å²) in [5.74, 6) is 5.73. The first-order chi connectivity index (χ1) is 16.9. The van der Waals surface area contributed by atoms with E-state index in [0.29, 0.717) is 0 Å². The Bertz CT molecular complexity index is 1410. The van der Waals surface area contributed by atoms with Gasteiger partial charge in [-0.3, -0.25) is 9.48 Å². The van der Waals surface area contributed by atoms with Crippen molar-refractivity contribution in [2.45, 2.75) is 33.2 Å². The number of nitrogens with two attached hydrogens (primary N) is 1. The number of likely N-dealkylation sites (tertiary alicyclic amines) is 1. The third-order valence-corrected chi connectivity index (χ3v) is 6.67. The molecule has 7 heteroatoms. The van der Waals surface area contributed by atoms with E-state index in [4.69, 9.17) is 5.73 Å². The second-order valence-electron chi connectivity index (χ2n) is 9.63. The van der Waals surface area contributed by atoms with Crippen molar-refractivity contribution >= 4 is 11.4 Å². The van der Waals surface area contributed by atoms with Crippen molar-refractivity contribution in [1.82, 2.24) is 24.3 Å². The van der Waals surface area contributed by atoms with E-state index >= 15 is 0 Å². The van der Waals surface area contributed by atoms with Crippen molar-refractivity contribution in [2.24, 2.45) is 11.1 Å². The molecule has 1 aliphatic rings. The fraction of sp³-hybridized carbons (Fsp3) is 0.321. The Labute approximate surface area is 205 Å². The van der Waals surface area contributed by atoms with Gasteiger partial charge in [0.15, 0.2) is 0 Å². The molecule has 35 heavy (non-hydrogen) atoms. The lowest BCUT2D eigenvalue weighted by Gasteiger charge is -2.13. The zero-order valence-electron chi connectivity index (χ0n) is 20.2. The van der Waals surface area contributed by atoms with Gasteiger partial charge < -0.3 is 10.6 Å². The first-order valence-electron chi connectivity index (χ1n) is 12.1. The summed E-state index contributed by atoms with van der Waals surface area (Å²) >= 11 is 0. The van der Waals surface area contributed by atoms with Gasteiger partial charge in [0.05, 0.1) is 30.0 Å².